The van der Waals surface area contributed by atoms with Crippen LogP contribution in [-0.4, -0.2) is 28.7 Å². The van der Waals surface area contributed by atoms with Crippen LogP contribution in [0.2, 0.25) is 0 Å². The summed E-state index contributed by atoms with van der Waals surface area (Å²) in [5.41, 5.74) is -0.00681. The van der Waals surface area contributed by atoms with Crippen molar-refractivity contribution in [3.8, 4) is 0 Å². The van der Waals surface area contributed by atoms with Gasteiger partial charge in [0.05, 0.1) is 6.04 Å². The highest BCUT2D eigenvalue weighted by molar-refractivity contribution is 5.68. The zero-order valence-corrected chi connectivity index (χ0v) is 8.08. The first-order valence-corrected chi connectivity index (χ1v) is 4.62. The largest absolute Gasteiger partial charge is 0.465 e. The SMILES string of the molecule is O=C(O)N1CC1Cc1cc(F)c(F)cc1F. The molecule has 0 saturated carbocycles. The third-order valence-electron chi connectivity index (χ3n) is 2.51. The van der Waals surface area contributed by atoms with Gasteiger partial charge in [-0.1, -0.05) is 0 Å². The van der Waals surface area contributed by atoms with E-state index in [0.717, 1.165) is 11.0 Å². The third-order valence-corrected chi connectivity index (χ3v) is 2.51. The predicted octanol–water partition coefficient (Wildman–Crippen LogP) is 2.01. The molecular formula is C10H8F3NO2. The van der Waals surface area contributed by atoms with Gasteiger partial charge in [0.2, 0.25) is 0 Å². The first-order chi connectivity index (χ1) is 7.49. The lowest BCUT2D eigenvalue weighted by Crippen LogP contribution is -2.12. The first-order valence-electron chi connectivity index (χ1n) is 4.62. The molecule has 0 aromatic heterocycles. The second kappa shape index (κ2) is 3.70. The van der Waals surface area contributed by atoms with Gasteiger partial charge in [-0.2, -0.15) is 0 Å². The minimum Gasteiger partial charge on any atom is -0.465 e. The maximum Gasteiger partial charge on any atom is 0.407 e. The molecule has 0 spiro atoms. The zero-order chi connectivity index (χ0) is 11.9. The highest BCUT2D eigenvalue weighted by Crippen LogP contribution is 2.24. The standard InChI is InChI=1S/C10H8F3NO2/c11-7-3-9(13)8(12)2-5(7)1-6-4-14(6)10(15)16/h2-3,6H,1,4H2,(H,15,16). The molecule has 1 aliphatic heterocycles. The van der Waals surface area contributed by atoms with E-state index in [1.54, 1.807) is 0 Å². The molecule has 1 aromatic carbocycles. The Bertz CT molecular complexity index is 450. The fourth-order valence-electron chi connectivity index (χ4n) is 1.56. The van der Waals surface area contributed by atoms with E-state index in [0.29, 0.717) is 12.6 Å². The van der Waals surface area contributed by atoms with Crippen LogP contribution in [0.4, 0.5) is 18.0 Å². The second-order valence-corrected chi connectivity index (χ2v) is 3.65. The topological polar surface area (TPSA) is 40.3 Å². The molecule has 0 radical (unpaired) electrons. The van der Waals surface area contributed by atoms with Gasteiger partial charge in [0.25, 0.3) is 0 Å². The molecular weight excluding hydrogens is 223 g/mol. The van der Waals surface area contributed by atoms with Crippen LogP contribution in [0, 0.1) is 17.5 Å². The predicted molar refractivity (Wildman–Crippen MR) is 48.5 cm³/mol. The van der Waals surface area contributed by atoms with Gasteiger partial charge in [-0.25, -0.2) is 18.0 Å². The Morgan fingerprint density at radius 2 is 1.94 bits per heavy atom. The molecule has 1 atom stereocenters. The number of benzene rings is 1. The molecule has 0 bridgehead atoms. The minimum absolute atomic E-state index is 0.00681. The first kappa shape index (κ1) is 10.8. The Morgan fingerprint density at radius 3 is 2.50 bits per heavy atom. The summed E-state index contributed by atoms with van der Waals surface area (Å²) in [6.45, 7) is 0.299. The molecule has 1 aromatic rings. The van der Waals surface area contributed by atoms with Gasteiger partial charge in [0.15, 0.2) is 11.6 Å². The Hall–Kier alpha value is -1.72. The number of halogens is 3. The van der Waals surface area contributed by atoms with Crippen LogP contribution in [0.3, 0.4) is 0 Å². The fraction of sp³-hybridized carbons (Fsp3) is 0.300. The number of nitrogens with zero attached hydrogens (tertiary/aromatic N) is 1. The van der Waals surface area contributed by atoms with E-state index in [-0.39, 0.29) is 18.0 Å². The van der Waals surface area contributed by atoms with E-state index in [1.165, 1.54) is 0 Å². The van der Waals surface area contributed by atoms with Crippen LogP contribution in [0.5, 0.6) is 0 Å². The van der Waals surface area contributed by atoms with Crippen LogP contribution in [0.15, 0.2) is 12.1 Å². The van der Waals surface area contributed by atoms with Crippen LogP contribution in [-0.2, 0) is 6.42 Å². The lowest BCUT2D eigenvalue weighted by atomic mass is 10.1. The molecule has 1 heterocycles. The molecule has 1 amide bonds. The van der Waals surface area contributed by atoms with Gasteiger partial charge in [0, 0.05) is 12.6 Å². The molecule has 16 heavy (non-hydrogen) atoms. The van der Waals surface area contributed by atoms with Crippen LogP contribution >= 0.6 is 0 Å². The van der Waals surface area contributed by atoms with Crippen molar-refractivity contribution in [2.75, 3.05) is 6.54 Å². The van der Waals surface area contributed by atoms with Crippen molar-refractivity contribution in [2.24, 2.45) is 0 Å². The fourth-order valence-corrected chi connectivity index (χ4v) is 1.56. The van der Waals surface area contributed by atoms with Crippen molar-refractivity contribution in [1.82, 2.24) is 4.90 Å². The molecule has 1 aliphatic rings. The summed E-state index contributed by atoms with van der Waals surface area (Å²) in [6.07, 6.45) is -1.03. The maximum atomic E-state index is 13.2. The molecule has 1 N–H and O–H groups in total. The summed E-state index contributed by atoms with van der Waals surface area (Å²) in [6, 6.07) is 0.901. The zero-order valence-electron chi connectivity index (χ0n) is 8.08. The van der Waals surface area contributed by atoms with Crippen LogP contribution in [0.25, 0.3) is 0 Å². The number of carboxylic acid groups (broad SMARTS) is 1. The van der Waals surface area contributed by atoms with E-state index in [4.69, 9.17) is 5.11 Å². The van der Waals surface area contributed by atoms with E-state index in [9.17, 15) is 18.0 Å². The summed E-state index contributed by atoms with van der Waals surface area (Å²) in [7, 11) is 0. The highest BCUT2D eigenvalue weighted by Gasteiger charge is 2.38. The molecule has 3 nitrogen and oxygen atoms in total. The average Bonchev–Trinajstić information content (AvgIpc) is 2.93. The molecule has 0 aliphatic carbocycles. The summed E-state index contributed by atoms with van der Waals surface area (Å²) < 4.78 is 38.6. The summed E-state index contributed by atoms with van der Waals surface area (Å²) in [5.74, 6) is -3.22. The van der Waals surface area contributed by atoms with Crippen molar-refractivity contribution < 1.29 is 23.1 Å². The molecule has 2 rings (SSSR count). The van der Waals surface area contributed by atoms with Crippen LogP contribution < -0.4 is 0 Å². The number of hydrogen-bond donors (Lipinski definition) is 1. The number of rotatable bonds is 2. The Kier molecular flexibility index (Phi) is 2.49. The van der Waals surface area contributed by atoms with E-state index in [2.05, 4.69) is 0 Å². The average molecular weight is 231 g/mol. The van der Waals surface area contributed by atoms with Gasteiger partial charge >= 0.3 is 6.09 Å². The van der Waals surface area contributed by atoms with Crippen molar-refractivity contribution in [1.29, 1.82) is 0 Å². The van der Waals surface area contributed by atoms with Gasteiger partial charge < -0.3 is 10.0 Å². The molecule has 1 fully saturated rings. The van der Waals surface area contributed by atoms with Crippen LogP contribution in [0.1, 0.15) is 5.56 Å². The molecule has 1 saturated heterocycles. The van der Waals surface area contributed by atoms with Crippen molar-refractivity contribution in [3.63, 3.8) is 0 Å². The van der Waals surface area contributed by atoms with Gasteiger partial charge in [-0.05, 0) is 18.1 Å². The molecule has 6 heteroatoms. The van der Waals surface area contributed by atoms with Crippen molar-refractivity contribution >= 4 is 6.09 Å². The summed E-state index contributed by atoms with van der Waals surface area (Å²) >= 11 is 0. The third kappa shape index (κ3) is 1.95. The quantitative estimate of drug-likeness (QED) is 0.624. The number of hydrogen-bond acceptors (Lipinski definition) is 1. The van der Waals surface area contributed by atoms with Crippen molar-refractivity contribution in [2.45, 2.75) is 12.5 Å². The normalized spacial score (nSPS) is 18.7. The highest BCUT2D eigenvalue weighted by atomic mass is 19.2. The van der Waals surface area contributed by atoms with E-state index < -0.39 is 23.5 Å². The lowest BCUT2D eigenvalue weighted by Gasteiger charge is -2.03. The Morgan fingerprint density at radius 1 is 1.31 bits per heavy atom. The maximum absolute atomic E-state index is 13.2. The monoisotopic (exact) mass is 231 g/mol. The molecule has 86 valence electrons. The number of carbonyl (C=O) groups is 1. The minimum atomic E-state index is -1.24. The smallest absolute Gasteiger partial charge is 0.407 e. The van der Waals surface area contributed by atoms with Gasteiger partial charge in [-0.3, -0.25) is 0 Å². The lowest BCUT2D eigenvalue weighted by molar-refractivity contribution is 0.176. The molecule has 1 unspecified atom stereocenters. The Labute approximate surface area is 89.1 Å². The van der Waals surface area contributed by atoms with E-state index in [1.807, 2.05) is 0 Å². The van der Waals surface area contributed by atoms with Gasteiger partial charge in [0.1, 0.15) is 5.82 Å². The van der Waals surface area contributed by atoms with E-state index >= 15 is 0 Å². The van der Waals surface area contributed by atoms with Gasteiger partial charge in [-0.15, -0.1) is 0 Å². The Balaban J connectivity index is 2.11. The summed E-state index contributed by atoms with van der Waals surface area (Å²) in [5, 5.41) is 8.57. The number of amides is 1. The second-order valence-electron chi connectivity index (χ2n) is 3.65. The van der Waals surface area contributed by atoms with Crippen molar-refractivity contribution in [3.05, 3.63) is 35.1 Å². The summed E-state index contributed by atoms with van der Waals surface area (Å²) in [4.78, 5) is 11.6.